The highest BCUT2D eigenvalue weighted by molar-refractivity contribution is 9.10. The predicted molar refractivity (Wildman–Crippen MR) is 70.0 cm³/mol. The fourth-order valence-electron chi connectivity index (χ4n) is 2.04. The van der Waals surface area contributed by atoms with E-state index in [1.54, 1.807) is 11.0 Å². The summed E-state index contributed by atoms with van der Waals surface area (Å²) >= 11 is 8.89. The molecule has 0 radical (unpaired) electrons. The van der Waals surface area contributed by atoms with Crippen molar-refractivity contribution in [3.63, 3.8) is 0 Å². The summed E-state index contributed by atoms with van der Waals surface area (Å²) in [6.07, 6.45) is 0.445. The molecule has 17 heavy (non-hydrogen) atoms. The van der Waals surface area contributed by atoms with Gasteiger partial charge in [0.25, 0.3) is 0 Å². The minimum absolute atomic E-state index is 0.0143. The van der Waals surface area contributed by atoms with Crippen LogP contribution in [0.5, 0.6) is 0 Å². The van der Waals surface area contributed by atoms with Crippen LogP contribution in [-0.4, -0.2) is 18.3 Å². The van der Waals surface area contributed by atoms with Gasteiger partial charge in [-0.25, -0.2) is 4.39 Å². The molecule has 5 heteroatoms. The van der Waals surface area contributed by atoms with Gasteiger partial charge in [-0.05, 0) is 46.5 Å². The lowest BCUT2D eigenvalue weighted by molar-refractivity contribution is -0.117. The van der Waals surface area contributed by atoms with Crippen LogP contribution in [-0.2, 0) is 4.79 Å². The zero-order chi connectivity index (χ0) is 12.6. The van der Waals surface area contributed by atoms with Crippen molar-refractivity contribution in [3.05, 3.63) is 28.0 Å². The maximum atomic E-state index is 13.5. The zero-order valence-electron chi connectivity index (χ0n) is 9.34. The summed E-state index contributed by atoms with van der Waals surface area (Å²) < 4.78 is 13.9. The number of amides is 1. The Morgan fingerprint density at radius 1 is 1.59 bits per heavy atom. The molecule has 0 N–H and O–H groups in total. The van der Waals surface area contributed by atoms with Gasteiger partial charge in [-0.2, -0.15) is 0 Å². The van der Waals surface area contributed by atoms with Crippen LogP contribution in [0.4, 0.5) is 10.1 Å². The van der Waals surface area contributed by atoms with Gasteiger partial charge in [0.2, 0.25) is 5.91 Å². The number of aryl methyl sites for hydroxylation is 1. The molecule has 1 aliphatic heterocycles. The van der Waals surface area contributed by atoms with Gasteiger partial charge in [-0.3, -0.25) is 4.79 Å². The van der Waals surface area contributed by atoms with Crippen molar-refractivity contribution < 1.29 is 9.18 Å². The van der Waals surface area contributed by atoms with Crippen LogP contribution in [0.2, 0.25) is 0 Å². The van der Waals surface area contributed by atoms with Crippen molar-refractivity contribution in [2.45, 2.75) is 13.3 Å². The standard InChI is InChI=1S/C12H12BrClFNO/c1-7-2-9(13)10(15)4-11(7)16-6-8(5-14)3-12(16)17/h2,4,8H,3,5-6H2,1H3. The number of nitrogens with zero attached hydrogens (tertiary/aromatic N) is 1. The number of hydrogen-bond acceptors (Lipinski definition) is 1. The molecule has 1 aromatic carbocycles. The highest BCUT2D eigenvalue weighted by Crippen LogP contribution is 2.31. The minimum atomic E-state index is -0.354. The molecule has 0 saturated carbocycles. The molecule has 0 aliphatic carbocycles. The van der Waals surface area contributed by atoms with E-state index < -0.39 is 0 Å². The van der Waals surface area contributed by atoms with Gasteiger partial charge in [0, 0.05) is 24.5 Å². The molecule has 1 heterocycles. The van der Waals surface area contributed by atoms with E-state index in [1.807, 2.05) is 6.92 Å². The van der Waals surface area contributed by atoms with E-state index in [9.17, 15) is 9.18 Å². The van der Waals surface area contributed by atoms with Crippen LogP contribution in [0, 0.1) is 18.7 Å². The van der Waals surface area contributed by atoms with Crippen LogP contribution < -0.4 is 4.90 Å². The molecule has 2 rings (SSSR count). The van der Waals surface area contributed by atoms with Crippen molar-refractivity contribution in [2.24, 2.45) is 5.92 Å². The second-order valence-corrected chi connectivity index (χ2v) is 5.44. The van der Waals surface area contributed by atoms with Crippen molar-refractivity contribution in [1.29, 1.82) is 0 Å². The largest absolute Gasteiger partial charge is 0.312 e. The number of anilines is 1. The van der Waals surface area contributed by atoms with E-state index in [0.717, 1.165) is 5.56 Å². The molecule has 92 valence electrons. The van der Waals surface area contributed by atoms with Crippen molar-refractivity contribution in [3.8, 4) is 0 Å². The lowest BCUT2D eigenvalue weighted by Crippen LogP contribution is -2.25. The molecule has 1 saturated heterocycles. The average Bonchev–Trinajstić information content (AvgIpc) is 2.65. The first-order valence-corrected chi connectivity index (χ1v) is 6.67. The predicted octanol–water partition coefficient (Wildman–Crippen LogP) is 3.49. The van der Waals surface area contributed by atoms with Crippen LogP contribution in [0.1, 0.15) is 12.0 Å². The molecule has 0 spiro atoms. The van der Waals surface area contributed by atoms with E-state index >= 15 is 0 Å². The van der Waals surface area contributed by atoms with E-state index in [-0.39, 0.29) is 17.6 Å². The molecule has 1 aliphatic rings. The third kappa shape index (κ3) is 2.47. The molecule has 1 unspecified atom stereocenters. The highest BCUT2D eigenvalue weighted by atomic mass is 79.9. The lowest BCUT2D eigenvalue weighted by Gasteiger charge is -2.19. The number of hydrogen-bond donors (Lipinski definition) is 0. The van der Waals surface area contributed by atoms with Crippen LogP contribution in [0.25, 0.3) is 0 Å². The van der Waals surface area contributed by atoms with Crippen LogP contribution >= 0.6 is 27.5 Å². The van der Waals surface area contributed by atoms with Crippen LogP contribution in [0.3, 0.4) is 0 Å². The molecular formula is C12H12BrClFNO. The molecular weight excluding hydrogens is 308 g/mol. The average molecular weight is 321 g/mol. The number of halogens is 3. The summed E-state index contributed by atoms with van der Waals surface area (Å²) in [6, 6.07) is 3.08. The van der Waals surface area contributed by atoms with Crippen molar-refractivity contribution in [1.82, 2.24) is 0 Å². The Labute approximate surface area is 113 Å². The van der Waals surface area contributed by atoms with E-state index in [1.165, 1.54) is 6.07 Å². The van der Waals surface area contributed by atoms with Gasteiger partial charge in [0.05, 0.1) is 4.47 Å². The Morgan fingerprint density at radius 2 is 2.29 bits per heavy atom. The molecule has 1 amide bonds. The molecule has 1 aromatic rings. The first-order chi connectivity index (χ1) is 8.02. The SMILES string of the molecule is Cc1cc(Br)c(F)cc1N1CC(CCl)CC1=O. The van der Waals surface area contributed by atoms with Crippen molar-refractivity contribution in [2.75, 3.05) is 17.3 Å². The maximum Gasteiger partial charge on any atom is 0.227 e. The maximum absolute atomic E-state index is 13.5. The normalized spacial score (nSPS) is 20.1. The highest BCUT2D eigenvalue weighted by Gasteiger charge is 2.31. The van der Waals surface area contributed by atoms with E-state index in [0.29, 0.717) is 29.0 Å². The number of carbonyl (C=O) groups excluding carboxylic acids is 1. The smallest absolute Gasteiger partial charge is 0.227 e. The molecule has 0 bridgehead atoms. The van der Waals surface area contributed by atoms with Crippen LogP contribution in [0.15, 0.2) is 16.6 Å². The molecule has 1 atom stereocenters. The first kappa shape index (κ1) is 12.8. The zero-order valence-corrected chi connectivity index (χ0v) is 11.7. The number of alkyl halides is 1. The van der Waals surface area contributed by atoms with E-state index in [4.69, 9.17) is 11.6 Å². The van der Waals surface area contributed by atoms with Gasteiger partial charge in [0.15, 0.2) is 0 Å². The third-order valence-electron chi connectivity index (χ3n) is 2.95. The summed E-state index contributed by atoms with van der Waals surface area (Å²) in [7, 11) is 0. The minimum Gasteiger partial charge on any atom is -0.312 e. The second kappa shape index (κ2) is 4.94. The summed E-state index contributed by atoms with van der Waals surface area (Å²) in [4.78, 5) is 13.4. The molecule has 2 nitrogen and oxygen atoms in total. The summed E-state index contributed by atoms with van der Waals surface area (Å²) in [5.74, 6) is 0.281. The Balaban J connectivity index is 2.35. The Bertz CT molecular complexity index is 466. The van der Waals surface area contributed by atoms with Gasteiger partial charge in [-0.1, -0.05) is 0 Å². The monoisotopic (exact) mass is 319 g/mol. The summed E-state index contributed by atoms with van der Waals surface area (Å²) in [5.41, 5.74) is 1.52. The van der Waals surface area contributed by atoms with E-state index in [2.05, 4.69) is 15.9 Å². The van der Waals surface area contributed by atoms with Gasteiger partial charge in [-0.15, -0.1) is 11.6 Å². The summed E-state index contributed by atoms with van der Waals surface area (Å²) in [6.45, 7) is 2.44. The topological polar surface area (TPSA) is 20.3 Å². The van der Waals surface area contributed by atoms with Gasteiger partial charge < -0.3 is 4.90 Å². The Kier molecular flexibility index (Phi) is 3.73. The summed E-state index contributed by atoms with van der Waals surface area (Å²) in [5, 5.41) is 0. The fraction of sp³-hybridized carbons (Fsp3) is 0.417. The second-order valence-electron chi connectivity index (χ2n) is 4.28. The molecule has 1 fully saturated rings. The van der Waals surface area contributed by atoms with Crippen molar-refractivity contribution >= 4 is 39.1 Å². The number of rotatable bonds is 2. The third-order valence-corrected chi connectivity index (χ3v) is 4.00. The first-order valence-electron chi connectivity index (χ1n) is 5.35. The van der Waals surface area contributed by atoms with Gasteiger partial charge >= 0.3 is 0 Å². The fourth-order valence-corrected chi connectivity index (χ4v) is 2.71. The Hall–Kier alpha value is -0.610. The van der Waals surface area contributed by atoms with Gasteiger partial charge in [0.1, 0.15) is 5.82 Å². The number of benzene rings is 1. The number of carbonyl (C=O) groups is 1. The molecule has 0 aromatic heterocycles. The quantitative estimate of drug-likeness (QED) is 0.764. The Morgan fingerprint density at radius 3 is 2.88 bits per heavy atom. The lowest BCUT2D eigenvalue weighted by atomic mass is 10.1.